The lowest BCUT2D eigenvalue weighted by Crippen LogP contribution is -2.45. The van der Waals surface area contributed by atoms with Gasteiger partial charge in [-0.2, -0.15) is 5.10 Å². The molecule has 106 valence electrons. The number of aromatic nitrogens is 2. The van der Waals surface area contributed by atoms with Crippen LogP contribution in [0.2, 0.25) is 0 Å². The van der Waals surface area contributed by atoms with Gasteiger partial charge in [0.15, 0.2) is 0 Å². The van der Waals surface area contributed by atoms with E-state index < -0.39 is 5.60 Å². The second kappa shape index (κ2) is 5.00. The molecule has 1 aromatic heterocycles. The molecule has 0 spiro atoms. The van der Waals surface area contributed by atoms with E-state index in [4.69, 9.17) is 4.74 Å². The van der Waals surface area contributed by atoms with E-state index in [9.17, 15) is 9.90 Å². The Morgan fingerprint density at radius 1 is 1.40 bits per heavy atom. The highest BCUT2D eigenvalue weighted by atomic mass is 16.5. The van der Waals surface area contributed by atoms with E-state index in [1.165, 1.54) is 4.68 Å². The first-order valence-electron chi connectivity index (χ1n) is 6.86. The number of fused-ring (bicyclic) bond motifs is 1. The molecule has 0 saturated carbocycles. The topological polar surface area (TPSA) is 64.3 Å². The summed E-state index contributed by atoms with van der Waals surface area (Å²) in [6, 6.07) is 7.42. The Morgan fingerprint density at radius 3 is 2.85 bits per heavy atom. The summed E-state index contributed by atoms with van der Waals surface area (Å²) in [5, 5.41) is 16.3. The van der Waals surface area contributed by atoms with Crippen LogP contribution in [0.25, 0.3) is 10.8 Å². The largest absolute Gasteiger partial charge is 0.386 e. The molecule has 20 heavy (non-hydrogen) atoms. The average molecular weight is 274 g/mol. The number of aliphatic hydroxyl groups is 1. The maximum Gasteiger partial charge on any atom is 0.274 e. The summed E-state index contributed by atoms with van der Waals surface area (Å²) in [7, 11) is 0. The quantitative estimate of drug-likeness (QED) is 0.895. The minimum atomic E-state index is -0.996. The Hall–Kier alpha value is -1.72. The van der Waals surface area contributed by atoms with Gasteiger partial charge in [0.05, 0.1) is 24.2 Å². The Morgan fingerprint density at radius 2 is 2.15 bits per heavy atom. The summed E-state index contributed by atoms with van der Waals surface area (Å²) in [4.78, 5) is 12.4. The monoisotopic (exact) mass is 274 g/mol. The molecule has 0 bridgehead atoms. The van der Waals surface area contributed by atoms with E-state index in [-0.39, 0.29) is 18.7 Å². The molecule has 2 aromatic rings. The number of nitrogens with zero attached hydrogens (tertiary/aromatic N) is 2. The minimum absolute atomic E-state index is 0.162. The fraction of sp³-hybridized carbons (Fsp3) is 0.467. The summed E-state index contributed by atoms with van der Waals surface area (Å²) >= 11 is 0. The number of benzene rings is 1. The third-order valence-corrected chi connectivity index (χ3v) is 3.80. The molecule has 0 amide bonds. The number of hydrogen-bond donors (Lipinski definition) is 1. The van der Waals surface area contributed by atoms with Crippen LogP contribution in [-0.4, -0.2) is 33.7 Å². The van der Waals surface area contributed by atoms with Gasteiger partial charge < -0.3 is 9.84 Å². The van der Waals surface area contributed by atoms with E-state index >= 15 is 0 Å². The summed E-state index contributed by atoms with van der Waals surface area (Å²) < 4.78 is 6.69. The Kier molecular flexibility index (Phi) is 3.31. The van der Waals surface area contributed by atoms with E-state index in [1.54, 1.807) is 6.07 Å². The third-order valence-electron chi connectivity index (χ3n) is 3.80. The van der Waals surface area contributed by atoms with Gasteiger partial charge in [-0.1, -0.05) is 18.2 Å². The predicted molar refractivity (Wildman–Crippen MR) is 75.7 cm³/mol. The van der Waals surface area contributed by atoms with Crippen LogP contribution in [0.15, 0.2) is 29.1 Å². The van der Waals surface area contributed by atoms with Crippen LogP contribution in [0.5, 0.6) is 0 Å². The van der Waals surface area contributed by atoms with Crippen LogP contribution < -0.4 is 5.56 Å². The zero-order chi connectivity index (χ0) is 14.2. The molecule has 1 atom stereocenters. The van der Waals surface area contributed by atoms with Crippen LogP contribution in [-0.2, 0) is 11.3 Å². The van der Waals surface area contributed by atoms with Crippen LogP contribution in [0.4, 0.5) is 0 Å². The number of hydrogen-bond acceptors (Lipinski definition) is 4. The first-order valence-corrected chi connectivity index (χ1v) is 6.86. The number of rotatable bonds is 2. The molecule has 1 N–H and O–H groups in total. The van der Waals surface area contributed by atoms with Gasteiger partial charge in [-0.05, 0) is 25.8 Å². The van der Waals surface area contributed by atoms with Gasteiger partial charge in [0.1, 0.15) is 5.60 Å². The van der Waals surface area contributed by atoms with Gasteiger partial charge in [-0.3, -0.25) is 4.79 Å². The molecule has 1 aliphatic heterocycles. The smallest absolute Gasteiger partial charge is 0.274 e. The lowest BCUT2D eigenvalue weighted by molar-refractivity contribution is -0.0964. The Balaban J connectivity index is 2.04. The number of ether oxygens (including phenoxy) is 1. The van der Waals surface area contributed by atoms with Gasteiger partial charge >= 0.3 is 0 Å². The van der Waals surface area contributed by atoms with Gasteiger partial charge in [0, 0.05) is 12.0 Å². The van der Waals surface area contributed by atoms with Crippen molar-refractivity contribution in [2.75, 3.05) is 13.2 Å². The van der Waals surface area contributed by atoms with Crippen molar-refractivity contribution in [1.82, 2.24) is 9.78 Å². The standard InChI is InChI=1S/C15H18N2O3/c1-11-12-5-2-3-6-13(12)14(18)17(16-11)9-15(19)7-4-8-20-10-15/h2-3,5-6,19H,4,7-10H2,1H3. The lowest BCUT2D eigenvalue weighted by Gasteiger charge is -2.31. The highest BCUT2D eigenvalue weighted by Gasteiger charge is 2.31. The summed E-state index contributed by atoms with van der Waals surface area (Å²) in [5.41, 5.74) is -0.366. The molecule has 2 heterocycles. The second-order valence-electron chi connectivity index (χ2n) is 5.47. The molecular formula is C15H18N2O3. The van der Waals surface area contributed by atoms with Crippen molar-refractivity contribution in [2.24, 2.45) is 0 Å². The maximum absolute atomic E-state index is 12.4. The SMILES string of the molecule is Cc1nn(CC2(O)CCCOC2)c(=O)c2ccccc12. The van der Waals surface area contributed by atoms with Crippen LogP contribution in [0, 0.1) is 6.92 Å². The summed E-state index contributed by atoms with van der Waals surface area (Å²) in [6.45, 7) is 2.98. The third kappa shape index (κ3) is 2.34. The van der Waals surface area contributed by atoms with E-state index in [1.807, 2.05) is 25.1 Å². The Labute approximate surface area is 116 Å². The molecule has 1 aliphatic rings. The average Bonchev–Trinajstić information content (AvgIpc) is 2.45. The lowest BCUT2D eigenvalue weighted by atomic mass is 9.97. The normalized spacial score (nSPS) is 23.1. The molecule has 0 aliphatic carbocycles. The van der Waals surface area contributed by atoms with Gasteiger partial charge in [0.2, 0.25) is 0 Å². The summed E-state index contributed by atoms with van der Waals surface area (Å²) in [5.74, 6) is 0. The van der Waals surface area contributed by atoms with Gasteiger partial charge in [-0.25, -0.2) is 4.68 Å². The number of aryl methyl sites for hydroxylation is 1. The van der Waals surface area contributed by atoms with Gasteiger partial charge in [0.25, 0.3) is 5.56 Å². The van der Waals surface area contributed by atoms with E-state index in [0.717, 1.165) is 17.5 Å². The zero-order valence-corrected chi connectivity index (χ0v) is 11.5. The van der Waals surface area contributed by atoms with Crippen molar-refractivity contribution in [3.63, 3.8) is 0 Å². The molecule has 3 rings (SSSR count). The van der Waals surface area contributed by atoms with Crippen LogP contribution in [0.1, 0.15) is 18.5 Å². The van der Waals surface area contributed by atoms with Crippen molar-refractivity contribution < 1.29 is 9.84 Å². The van der Waals surface area contributed by atoms with Crippen molar-refractivity contribution in [1.29, 1.82) is 0 Å². The molecule has 1 unspecified atom stereocenters. The maximum atomic E-state index is 12.4. The highest BCUT2D eigenvalue weighted by Crippen LogP contribution is 2.21. The molecule has 1 aromatic carbocycles. The molecular weight excluding hydrogens is 256 g/mol. The first kappa shape index (κ1) is 13.3. The summed E-state index contributed by atoms with van der Waals surface area (Å²) in [6.07, 6.45) is 1.44. The Bertz CT molecular complexity index is 687. The van der Waals surface area contributed by atoms with E-state index in [2.05, 4.69) is 5.10 Å². The van der Waals surface area contributed by atoms with Gasteiger partial charge in [-0.15, -0.1) is 0 Å². The molecule has 1 fully saturated rings. The molecule has 1 saturated heterocycles. The van der Waals surface area contributed by atoms with E-state index in [0.29, 0.717) is 18.4 Å². The molecule has 0 radical (unpaired) electrons. The van der Waals surface area contributed by atoms with Crippen molar-refractivity contribution >= 4 is 10.8 Å². The fourth-order valence-electron chi connectivity index (χ4n) is 2.75. The predicted octanol–water partition coefficient (Wildman–Crippen LogP) is 1.25. The molecule has 5 heteroatoms. The first-order chi connectivity index (χ1) is 9.59. The highest BCUT2D eigenvalue weighted by molar-refractivity contribution is 5.83. The fourth-order valence-corrected chi connectivity index (χ4v) is 2.75. The molecule has 5 nitrogen and oxygen atoms in total. The van der Waals surface area contributed by atoms with Crippen molar-refractivity contribution in [3.8, 4) is 0 Å². The van der Waals surface area contributed by atoms with Crippen LogP contribution in [0.3, 0.4) is 0 Å². The second-order valence-corrected chi connectivity index (χ2v) is 5.47. The van der Waals surface area contributed by atoms with Crippen molar-refractivity contribution in [3.05, 3.63) is 40.3 Å². The minimum Gasteiger partial charge on any atom is -0.386 e. The zero-order valence-electron chi connectivity index (χ0n) is 11.5. The van der Waals surface area contributed by atoms with Crippen LogP contribution >= 0.6 is 0 Å². The van der Waals surface area contributed by atoms with Crippen molar-refractivity contribution in [2.45, 2.75) is 31.9 Å².